The highest BCUT2D eigenvalue weighted by atomic mass is 32.2. The number of fused-ring (bicyclic) bond motifs is 1. The quantitative estimate of drug-likeness (QED) is 0.716. The largest absolute Gasteiger partial charge is 0.289 e. The van der Waals surface area contributed by atoms with Gasteiger partial charge in [-0.3, -0.25) is 4.79 Å². The molecule has 0 amide bonds. The number of hydrogen-bond acceptors (Lipinski definition) is 5. The highest BCUT2D eigenvalue weighted by Crippen LogP contribution is 2.67. The van der Waals surface area contributed by atoms with Crippen LogP contribution < -0.4 is 4.06 Å². The van der Waals surface area contributed by atoms with E-state index in [1.54, 1.807) is 0 Å². The predicted octanol–water partition coefficient (Wildman–Crippen LogP) is 4.17. The molecule has 2 heterocycles. The molecule has 92 valence electrons. The summed E-state index contributed by atoms with van der Waals surface area (Å²) in [4.78, 5) is 11.5. The molecular formula is C12H14OS4. The molecule has 2 bridgehead atoms. The first-order valence-corrected chi connectivity index (χ1v) is 9.42. The lowest BCUT2D eigenvalue weighted by atomic mass is 9.48. The smallest absolute Gasteiger partial charge is 0.265 e. The lowest BCUT2D eigenvalue weighted by Gasteiger charge is -2.62. The number of thioether (sulfide) groups is 2. The highest BCUT2D eigenvalue weighted by Gasteiger charge is 2.59. The Bertz CT molecular complexity index is 529. The first kappa shape index (κ1) is 11.4. The number of hydrogen-bond donors (Lipinski definition) is 0. The molecule has 3 saturated carbocycles. The standard InChI is InChI=1S/C12H14OS4/c1-12(2)5-3-6(12)8-7(4-5)14-9-10(15-8)17-11(13)16-9/h5-8H,3-4H2,1-2H3/t5-,6+,7-,8+/m1/s1. The average Bonchev–Trinajstić information content (AvgIpc) is 2.63. The van der Waals surface area contributed by atoms with E-state index >= 15 is 0 Å². The van der Waals surface area contributed by atoms with E-state index in [1.165, 1.54) is 43.9 Å². The summed E-state index contributed by atoms with van der Waals surface area (Å²) in [5, 5.41) is 1.53. The molecular weight excluding hydrogens is 288 g/mol. The first-order valence-electron chi connectivity index (χ1n) is 6.03. The van der Waals surface area contributed by atoms with Crippen LogP contribution in [0.1, 0.15) is 26.7 Å². The van der Waals surface area contributed by atoms with Gasteiger partial charge in [0.2, 0.25) is 0 Å². The summed E-state index contributed by atoms with van der Waals surface area (Å²) in [7, 11) is 0. The van der Waals surface area contributed by atoms with E-state index in [0.29, 0.717) is 5.41 Å². The topological polar surface area (TPSA) is 17.1 Å². The lowest BCUT2D eigenvalue weighted by Crippen LogP contribution is -2.58. The molecule has 0 unspecified atom stereocenters. The third-order valence-electron chi connectivity index (χ3n) is 4.85. The maximum absolute atomic E-state index is 11.5. The van der Waals surface area contributed by atoms with Gasteiger partial charge in [0.15, 0.2) is 0 Å². The molecule has 1 aliphatic heterocycles. The van der Waals surface area contributed by atoms with Gasteiger partial charge in [0.05, 0.1) is 8.42 Å². The van der Waals surface area contributed by atoms with Crippen LogP contribution in [0.25, 0.3) is 0 Å². The summed E-state index contributed by atoms with van der Waals surface area (Å²) in [6.07, 6.45) is 2.79. The minimum atomic E-state index is 0.278. The van der Waals surface area contributed by atoms with Crippen molar-refractivity contribution in [3.8, 4) is 0 Å². The zero-order valence-corrected chi connectivity index (χ0v) is 13.0. The van der Waals surface area contributed by atoms with E-state index in [2.05, 4.69) is 13.8 Å². The van der Waals surface area contributed by atoms with Crippen LogP contribution in [0.2, 0.25) is 0 Å². The van der Waals surface area contributed by atoms with E-state index < -0.39 is 0 Å². The van der Waals surface area contributed by atoms with Gasteiger partial charge in [-0.2, -0.15) is 0 Å². The molecule has 0 radical (unpaired) electrons. The normalized spacial score (nSPS) is 41.3. The van der Waals surface area contributed by atoms with Gasteiger partial charge in [-0.15, -0.1) is 23.5 Å². The van der Waals surface area contributed by atoms with Crippen LogP contribution in [-0.2, 0) is 0 Å². The van der Waals surface area contributed by atoms with Crippen LogP contribution >= 0.6 is 46.2 Å². The zero-order chi connectivity index (χ0) is 11.8. The highest BCUT2D eigenvalue weighted by molar-refractivity contribution is 8.09. The second kappa shape index (κ2) is 3.56. The molecule has 0 spiro atoms. The van der Waals surface area contributed by atoms with Crippen molar-refractivity contribution in [2.75, 3.05) is 0 Å². The van der Waals surface area contributed by atoms with Gasteiger partial charge in [0, 0.05) is 10.5 Å². The molecule has 1 aromatic heterocycles. The molecule has 1 nitrogen and oxygen atoms in total. The van der Waals surface area contributed by atoms with Crippen molar-refractivity contribution >= 4 is 46.2 Å². The molecule has 5 rings (SSSR count). The summed E-state index contributed by atoms with van der Waals surface area (Å²) < 4.78 is 2.90. The Morgan fingerprint density at radius 3 is 2.53 bits per heavy atom. The van der Waals surface area contributed by atoms with E-state index in [4.69, 9.17) is 0 Å². The maximum atomic E-state index is 11.5. The van der Waals surface area contributed by atoms with Gasteiger partial charge in [-0.05, 0) is 30.1 Å². The van der Waals surface area contributed by atoms with Gasteiger partial charge in [0.25, 0.3) is 4.06 Å². The molecule has 4 atom stereocenters. The van der Waals surface area contributed by atoms with Crippen molar-refractivity contribution in [1.29, 1.82) is 0 Å². The van der Waals surface area contributed by atoms with Gasteiger partial charge in [-0.1, -0.05) is 36.5 Å². The van der Waals surface area contributed by atoms with E-state index in [0.717, 1.165) is 22.3 Å². The third kappa shape index (κ3) is 1.49. The maximum Gasteiger partial charge on any atom is 0.289 e. The Morgan fingerprint density at radius 2 is 1.82 bits per heavy atom. The SMILES string of the molecule is CC1(C)[C@H]2C[C@H]3Sc4sc(=O)sc4S[C@H]3[C@@H]1C2. The summed E-state index contributed by atoms with van der Waals surface area (Å²) in [5.74, 6) is 1.80. The van der Waals surface area contributed by atoms with Gasteiger partial charge >= 0.3 is 0 Å². The molecule has 4 aliphatic rings. The second-order valence-electron chi connectivity index (χ2n) is 5.86. The van der Waals surface area contributed by atoms with Gasteiger partial charge in [-0.25, -0.2) is 0 Å². The van der Waals surface area contributed by atoms with Crippen molar-refractivity contribution < 1.29 is 0 Å². The van der Waals surface area contributed by atoms with Crippen molar-refractivity contribution in [2.24, 2.45) is 17.3 Å². The monoisotopic (exact) mass is 302 g/mol. The summed E-state index contributed by atoms with van der Waals surface area (Å²) in [6, 6.07) is 0. The van der Waals surface area contributed by atoms with E-state index in [9.17, 15) is 4.79 Å². The Hall–Kier alpha value is 0.550. The predicted molar refractivity (Wildman–Crippen MR) is 77.8 cm³/mol. The van der Waals surface area contributed by atoms with E-state index in [-0.39, 0.29) is 4.06 Å². The minimum absolute atomic E-state index is 0.278. The fourth-order valence-electron chi connectivity index (χ4n) is 3.62. The van der Waals surface area contributed by atoms with Crippen molar-refractivity contribution in [3.05, 3.63) is 8.85 Å². The molecule has 1 aromatic rings. The van der Waals surface area contributed by atoms with Crippen LogP contribution in [0.4, 0.5) is 0 Å². The van der Waals surface area contributed by atoms with Crippen molar-refractivity contribution in [2.45, 2.75) is 45.6 Å². The van der Waals surface area contributed by atoms with Crippen molar-refractivity contribution in [1.82, 2.24) is 0 Å². The average molecular weight is 303 g/mol. The second-order valence-corrected chi connectivity index (χ2v) is 11.0. The molecule has 0 aromatic carbocycles. The Morgan fingerprint density at radius 1 is 1.12 bits per heavy atom. The number of rotatable bonds is 0. The Labute approximate surface area is 117 Å². The van der Waals surface area contributed by atoms with Crippen LogP contribution in [-0.4, -0.2) is 10.5 Å². The van der Waals surface area contributed by atoms with Gasteiger partial charge in [0.1, 0.15) is 0 Å². The van der Waals surface area contributed by atoms with Gasteiger partial charge < -0.3 is 0 Å². The van der Waals surface area contributed by atoms with Crippen LogP contribution in [0.15, 0.2) is 13.2 Å². The lowest BCUT2D eigenvalue weighted by molar-refractivity contribution is -0.0566. The molecule has 3 aliphatic carbocycles. The molecule has 17 heavy (non-hydrogen) atoms. The fourth-order valence-corrected chi connectivity index (χ4v) is 10.3. The van der Waals surface area contributed by atoms with Crippen LogP contribution in [0.5, 0.6) is 0 Å². The zero-order valence-electron chi connectivity index (χ0n) is 9.76. The third-order valence-corrected chi connectivity index (χ3v) is 10.8. The van der Waals surface area contributed by atoms with Crippen molar-refractivity contribution in [3.63, 3.8) is 0 Å². The molecule has 0 saturated heterocycles. The summed E-state index contributed by atoms with van der Waals surface area (Å²) in [6.45, 7) is 4.89. The molecule has 5 heteroatoms. The van der Waals surface area contributed by atoms with E-state index in [1.807, 2.05) is 23.5 Å². The first-order chi connectivity index (χ1) is 8.05. The van der Waals surface area contributed by atoms with Crippen LogP contribution in [0.3, 0.4) is 0 Å². The Kier molecular flexibility index (Phi) is 2.38. The minimum Gasteiger partial charge on any atom is -0.265 e. The Balaban J connectivity index is 1.72. The summed E-state index contributed by atoms with van der Waals surface area (Å²) in [5.41, 5.74) is 0.549. The summed E-state index contributed by atoms with van der Waals surface area (Å²) >= 11 is 6.96. The fraction of sp³-hybridized carbons (Fsp3) is 0.750. The molecule has 3 fully saturated rings. The van der Waals surface area contributed by atoms with Crippen LogP contribution in [0, 0.1) is 17.3 Å². The molecule has 0 N–H and O–H groups in total.